The van der Waals surface area contributed by atoms with Crippen LogP contribution >= 0.6 is 46.1 Å². The molecule has 2 N–H and O–H groups in total. The van der Waals surface area contributed by atoms with Crippen LogP contribution in [0.3, 0.4) is 0 Å². The largest absolute Gasteiger partial charge is 0.358 e. The summed E-state index contributed by atoms with van der Waals surface area (Å²) in [5.74, 6) is -0.728. The SMILES string of the molecule is CCOC(NS(=O)(=O)c1cccs1)c1cc(Cl)c(Cl)cc1S(=O)(=O)Nc1ccc(F)c(Cl)c1. The van der Waals surface area contributed by atoms with Crippen LogP contribution in [0, 0.1) is 5.82 Å². The Morgan fingerprint density at radius 3 is 2.30 bits per heavy atom. The number of thiophene rings is 1. The standard InChI is InChI=1S/C19H16Cl3FN2O5S3/c1-2-30-19(25-33(28,29)18-4-3-7-31-18)12-9-13(20)14(21)10-17(12)32(26,27)24-11-5-6-16(23)15(22)8-11/h3-10,19,24-25H,2H2,1H3. The summed E-state index contributed by atoms with van der Waals surface area (Å²) in [4.78, 5) is -0.398. The molecule has 33 heavy (non-hydrogen) atoms. The Morgan fingerprint density at radius 2 is 1.70 bits per heavy atom. The van der Waals surface area contributed by atoms with Crippen molar-refractivity contribution in [3.63, 3.8) is 0 Å². The van der Waals surface area contributed by atoms with E-state index >= 15 is 0 Å². The van der Waals surface area contributed by atoms with Gasteiger partial charge in [0.25, 0.3) is 20.0 Å². The number of benzene rings is 2. The number of rotatable bonds is 9. The molecule has 2 aromatic carbocycles. The summed E-state index contributed by atoms with van der Waals surface area (Å²) in [6.07, 6.45) is -1.42. The third kappa shape index (κ3) is 6.17. The monoisotopic (exact) mass is 572 g/mol. The first-order chi connectivity index (χ1) is 15.4. The number of halogens is 4. The van der Waals surface area contributed by atoms with Crippen LogP contribution in [-0.4, -0.2) is 23.4 Å². The summed E-state index contributed by atoms with van der Waals surface area (Å²) in [7, 11) is -8.42. The number of ether oxygens (including phenoxy) is 1. The Balaban J connectivity index is 2.08. The van der Waals surface area contributed by atoms with E-state index < -0.39 is 37.0 Å². The van der Waals surface area contributed by atoms with Crippen molar-refractivity contribution < 1.29 is 26.0 Å². The maximum absolute atomic E-state index is 13.5. The van der Waals surface area contributed by atoms with Gasteiger partial charge in [0.15, 0.2) is 0 Å². The Kier molecular flexibility index (Phi) is 8.28. The topological polar surface area (TPSA) is 102 Å². The van der Waals surface area contributed by atoms with E-state index in [2.05, 4.69) is 9.44 Å². The first kappa shape index (κ1) is 26.2. The molecule has 3 rings (SSSR count). The predicted octanol–water partition coefficient (Wildman–Crippen LogP) is 5.66. The highest BCUT2D eigenvalue weighted by atomic mass is 35.5. The fourth-order valence-corrected chi connectivity index (χ4v) is 6.72. The lowest BCUT2D eigenvalue weighted by Crippen LogP contribution is -2.31. The minimum absolute atomic E-state index is 0.00995. The molecule has 0 radical (unpaired) electrons. The molecule has 1 heterocycles. The molecule has 1 unspecified atom stereocenters. The van der Waals surface area contributed by atoms with Crippen molar-refractivity contribution in [2.75, 3.05) is 11.3 Å². The molecule has 0 aliphatic heterocycles. The molecule has 1 aromatic heterocycles. The lowest BCUT2D eigenvalue weighted by Gasteiger charge is -2.22. The van der Waals surface area contributed by atoms with Crippen LogP contribution in [0.1, 0.15) is 18.7 Å². The highest BCUT2D eigenvalue weighted by Gasteiger charge is 2.30. The summed E-state index contributed by atoms with van der Waals surface area (Å²) in [6.45, 7) is 1.65. The van der Waals surface area contributed by atoms with Crippen molar-refractivity contribution in [3.05, 3.63) is 74.3 Å². The zero-order valence-corrected chi connectivity index (χ0v) is 21.4. The molecule has 0 saturated heterocycles. The third-order valence-corrected chi connectivity index (χ3v) is 9.40. The number of hydrogen-bond acceptors (Lipinski definition) is 6. The molecule has 0 bridgehead atoms. The lowest BCUT2D eigenvalue weighted by atomic mass is 10.2. The van der Waals surface area contributed by atoms with Gasteiger partial charge in [0.2, 0.25) is 0 Å². The summed E-state index contributed by atoms with van der Waals surface area (Å²) < 4.78 is 75.6. The van der Waals surface area contributed by atoms with E-state index in [0.717, 1.165) is 29.5 Å². The number of nitrogens with one attached hydrogen (secondary N) is 2. The molecule has 178 valence electrons. The number of hydrogen-bond donors (Lipinski definition) is 2. The Bertz CT molecular complexity index is 1370. The quantitative estimate of drug-likeness (QED) is 0.322. The first-order valence-corrected chi connectivity index (χ1v) is 14.1. The molecular formula is C19H16Cl3FN2O5S3. The van der Waals surface area contributed by atoms with Crippen LogP contribution in [0.25, 0.3) is 0 Å². The Morgan fingerprint density at radius 1 is 1.00 bits per heavy atom. The highest BCUT2D eigenvalue weighted by molar-refractivity contribution is 7.93. The molecule has 0 saturated carbocycles. The van der Waals surface area contributed by atoms with Gasteiger partial charge < -0.3 is 4.74 Å². The molecule has 3 aromatic rings. The second kappa shape index (κ2) is 10.4. The van der Waals surface area contributed by atoms with E-state index in [1.807, 2.05) is 0 Å². The highest BCUT2D eigenvalue weighted by Crippen LogP contribution is 2.34. The number of sulfonamides is 2. The van der Waals surface area contributed by atoms with Gasteiger partial charge in [-0.3, -0.25) is 4.72 Å². The van der Waals surface area contributed by atoms with Crippen LogP contribution in [0.5, 0.6) is 0 Å². The lowest BCUT2D eigenvalue weighted by molar-refractivity contribution is 0.0526. The number of anilines is 1. The predicted molar refractivity (Wildman–Crippen MR) is 128 cm³/mol. The Labute approximate surface area is 209 Å². The van der Waals surface area contributed by atoms with Crippen molar-refractivity contribution in [1.82, 2.24) is 4.72 Å². The van der Waals surface area contributed by atoms with Gasteiger partial charge in [0.1, 0.15) is 16.3 Å². The van der Waals surface area contributed by atoms with Crippen molar-refractivity contribution in [2.45, 2.75) is 22.3 Å². The summed E-state index contributed by atoms with van der Waals surface area (Å²) in [6, 6.07) is 8.48. The van der Waals surface area contributed by atoms with Crippen LogP contribution in [0.15, 0.2) is 56.9 Å². The average Bonchev–Trinajstić information content (AvgIpc) is 3.28. The van der Waals surface area contributed by atoms with E-state index in [1.165, 1.54) is 18.2 Å². The third-order valence-electron chi connectivity index (χ3n) is 4.15. The minimum Gasteiger partial charge on any atom is -0.358 e. The van der Waals surface area contributed by atoms with Crippen molar-refractivity contribution in [3.8, 4) is 0 Å². The van der Waals surface area contributed by atoms with Gasteiger partial charge in [0, 0.05) is 12.2 Å². The average molecular weight is 574 g/mol. The Hall–Kier alpha value is -1.44. The minimum atomic E-state index is -4.37. The molecule has 0 aliphatic carbocycles. The van der Waals surface area contributed by atoms with Crippen LogP contribution in [-0.2, 0) is 24.8 Å². The maximum atomic E-state index is 13.5. The van der Waals surface area contributed by atoms with Crippen molar-refractivity contribution in [1.29, 1.82) is 0 Å². The van der Waals surface area contributed by atoms with Crippen LogP contribution in [0.4, 0.5) is 10.1 Å². The molecule has 0 amide bonds. The van der Waals surface area contributed by atoms with Gasteiger partial charge in [-0.25, -0.2) is 21.2 Å². The van der Waals surface area contributed by atoms with Crippen LogP contribution in [0.2, 0.25) is 15.1 Å². The molecule has 1 atom stereocenters. The van der Waals surface area contributed by atoms with Gasteiger partial charge in [-0.1, -0.05) is 40.9 Å². The maximum Gasteiger partial charge on any atom is 0.262 e. The molecule has 0 aliphatic rings. The molecule has 0 fully saturated rings. The van der Waals surface area contributed by atoms with Gasteiger partial charge in [-0.05, 0) is 48.7 Å². The van der Waals surface area contributed by atoms with Gasteiger partial charge in [0.05, 0.1) is 25.7 Å². The molecule has 7 nitrogen and oxygen atoms in total. The summed E-state index contributed by atoms with van der Waals surface area (Å²) in [5, 5.41) is 1.18. The van der Waals surface area contributed by atoms with Gasteiger partial charge in [-0.15, -0.1) is 11.3 Å². The van der Waals surface area contributed by atoms with E-state index in [-0.39, 0.29) is 37.1 Å². The van der Waals surface area contributed by atoms with Gasteiger partial charge in [-0.2, -0.15) is 4.72 Å². The van der Waals surface area contributed by atoms with E-state index in [0.29, 0.717) is 0 Å². The van der Waals surface area contributed by atoms with Crippen molar-refractivity contribution in [2.24, 2.45) is 0 Å². The zero-order chi connectivity index (χ0) is 24.4. The molecule has 14 heteroatoms. The fraction of sp³-hybridized carbons (Fsp3) is 0.158. The van der Waals surface area contributed by atoms with E-state index in [4.69, 9.17) is 39.5 Å². The smallest absolute Gasteiger partial charge is 0.262 e. The first-order valence-electron chi connectivity index (χ1n) is 9.09. The zero-order valence-electron chi connectivity index (χ0n) is 16.7. The fourth-order valence-electron chi connectivity index (χ4n) is 2.72. The molecular weight excluding hydrogens is 558 g/mol. The van der Waals surface area contributed by atoms with Crippen molar-refractivity contribution >= 4 is 71.9 Å². The molecule has 0 spiro atoms. The summed E-state index contributed by atoms with van der Waals surface area (Å²) in [5.41, 5.74) is -0.127. The van der Waals surface area contributed by atoms with Gasteiger partial charge >= 0.3 is 0 Å². The normalized spacial score (nSPS) is 13.1. The van der Waals surface area contributed by atoms with Crippen LogP contribution < -0.4 is 9.44 Å². The second-order valence-corrected chi connectivity index (χ2v) is 12.2. The second-order valence-electron chi connectivity index (χ2n) is 6.43. The summed E-state index contributed by atoms with van der Waals surface area (Å²) >= 11 is 18.9. The van der Waals surface area contributed by atoms with E-state index in [1.54, 1.807) is 18.4 Å². The van der Waals surface area contributed by atoms with E-state index in [9.17, 15) is 21.2 Å².